The number of aryl methyl sites for hydroxylation is 1. The number of hydrogen-bond acceptors (Lipinski definition) is 2. The van der Waals surface area contributed by atoms with E-state index in [0.717, 1.165) is 18.5 Å². The van der Waals surface area contributed by atoms with Gasteiger partial charge in [0.1, 0.15) is 0 Å². The molecular formula is C21H21N3O. The van der Waals surface area contributed by atoms with Crippen LogP contribution >= 0.6 is 0 Å². The van der Waals surface area contributed by atoms with E-state index in [1.165, 1.54) is 27.6 Å². The number of pyridine rings is 1. The number of nitrogens with one attached hydrogen (secondary N) is 1. The van der Waals surface area contributed by atoms with E-state index in [1.807, 2.05) is 17.0 Å². The van der Waals surface area contributed by atoms with Crippen molar-refractivity contribution in [2.24, 2.45) is 0 Å². The number of H-pyrrole nitrogens is 1. The summed E-state index contributed by atoms with van der Waals surface area (Å²) < 4.78 is 0. The molecule has 0 unspecified atom stereocenters. The van der Waals surface area contributed by atoms with Crippen LogP contribution < -0.4 is 0 Å². The molecular weight excluding hydrogens is 310 g/mol. The predicted molar refractivity (Wildman–Crippen MR) is 100 cm³/mol. The van der Waals surface area contributed by atoms with Crippen molar-refractivity contribution in [3.8, 4) is 0 Å². The first-order chi connectivity index (χ1) is 12.2. The van der Waals surface area contributed by atoms with Crippen LogP contribution in [0.15, 0.2) is 55.0 Å². The summed E-state index contributed by atoms with van der Waals surface area (Å²) in [5.74, 6) is 0.177. The number of para-hydroxylation sites is 1. The number of aromatic nitrogens is 2. The zero-order valence-corrected chi connectivity index (χ0v) is 14.3. The number of amides is 1. The molecule has 126 valence electrons. The highest BCUT2D eigenvalue weighted by Gasteiger charge is 2.19. The number of rotatable bonds is 3. The van der Waals surface area contributed by atoms with Gasteiger partial charge in [-0.15, -0.1) is 0 Å². The molecule has 0 saturated heterocycles. The Bertz CT molecular complexity index is 940. The highest BCUT2D eigenvalue weighted by molar-refractivity contribution is 5.94. The summed E-state index contributed by atoms with van der Waals surface area (Å²) in [6.07, 6.45) is 9.09. The van der Waals surface area contributed by atoms with Gasteiger partial charge in [0.05, 0.1) is 6.42 Å². The first-order valence-corrected chi connectivity index (χ1v) is 8.65. The fourth-order valence-corrected chi connectivity index (χ4v) is 3.50. The molecule has 1 N–H and O–H groups in total. The highest BCUT2D eigenvalue weighted by atomic mass is 16.2. The van der Waals surface area contributed by atoms with Crippen molar-refractivity contribution in [2.45, 2.75) is 19.8 Å². The zero-order valence-electron chi connectivity index (χ0n) is 14.3. The van der Waals surface area contributed by atoms with E-state index in [9.17, 15) is 4.79 Å². The minimum absolute atomic E-state index is 0.177. The lowest BCUT2D eigenvalue weighted by atomic mass is 9.98. The number of benzene rings is 1. The third-order valence-corrected chi connectivity index (χ3v) is 4.94. The Balaban J connectivity index is 1.50. The lowest BCUT2D eigenvalue weighted by Gasteiger charge is -2.26. The van der Waals surface area contributed by atoms with Crippen molar-refractivity contribution in [1.82, 2.24) is 14.9 Å². The van der Waals surface area contributed by atoms with Gasteiger partial charge in [-0.05, 0) is 42.2 Å². The molecule has 25 heavy (non-hydrogen) atoms. The van der Waals surface area contributed by atoms with Gasteiger partial charge in [-0.25, -0.2) is 0 Å². The fraction of sp³-hybridized carbons (Fsp3) is 0.238. The van der Waals surface area contributed by atoms with Gasteiger partial charge < -0.3 is 9.88 Å². The van der Waals surface area contributed by atoms with Crippen LogP contribution in [0.4, 0.5) is 0 Å². The summed E-state index contributed by atoms with van der Waals surface area (Å²) in [6, 6.07) is 10.2. The summed E-state index contributed by atoms with van der Waals surface area (Å²) in [7, 11) is 0. The molecule has 4 nitrogen and oxygen atoms in total. The SMILES string of the molecule is Cc1cccc2c(C3=CCN(C(=O)Cc4ccncc4)CC3)c[nH]c12. The third kappa shape index (κ3) is 3.07. The van der Waals surface area contributed by atoms with Crippen LogP contribution in [-0.4, -0.2) is 33.9 Å². The van der Waals surface area contributed by atoms with Crippen LogP contribution in [0.3, 0.4) is 0 Å². The molecule has 1 amide bonds. The van der Waals surface area contributed by atoms with Gasteiger partial charge in [0.15, 0.2) is 0 Å². The van der Waals surface area contributed by atoms with Crippen LogP contribution in [0, 0.1) is 6.92 Å². The molecule has 0 bridgehead atoms. The molecule has 1 aliphatic heterocycles. The minimum Gasteiger partial charge on any atom is -0.360 e. The van der Waals surface area contributed by atoms with Crippen molar-refractivity contribution >= 4 is 22.4 Å². The maximum atomic E-state index is 12.5. The van der Waals surface area contributed by atoms with Crippen molar-refractivity contribution in [2.75, 3.05) is 13.1 Å². The Kier molecular flexibility index (Phi) is 4.10. The molecule has 0 radical (unpaired) electrons. The smallest absolute Gasteiger partial charge is 0.227 e. The summed E-state index contributed by atoms with van der Waals surface area (Å²) in [6.45, 7) is 3.57. The lowest BCUT2D eigenvalue weighted by molar-refractivity contribution is -0.130. The first-order valence-electron chi connectivity index (χ1n) is 8.65. The normalized spacial score (nSPS) is 14.6. The summed E-state index contributed by atoms with van der Waals surface area (Å²) >= 11 is 0. The number of hydrogen-bond donors (Lipinski definition) is 1. The molecule has 1 aliphatic rings. The second-order valence-corrected chi connectivity index (χ2v) is 6.55. The summed E-state index contributed by atoms with van der Waals surface area (Å²) in [5, 5.41) is 1.27. The van der Waals surface area contributed by atoms with Crippen LogP contribution in [0.5, 0.6) is 0 Å². The minimum atomic E-state index is 0.177. The van der Waals surface area contributed by atoms with Crippen molar-refractivity contribution in [3.63, 3.8) is 0 Å². The lowest BCUT2D eigenvalue weighted by Crippen LogP contribution is -2.35. The first kappa shape index (κ1) is 15.6. The molecule has 0 atom stereocenters. The maximum Gasteiger partial charge on any atom is 0.227 e. The molecule has 0 saturated carbocycles. The van der Waals surface area contributed by atoms with Crippen LogP contribution in [0.1, 0.15) is 23.1 Å². The Morgan fingerprint density at radius 2 is 2.08 bits per heavy atom. The summed E-state index contributed by atoms with van der Waals surface area (Å²) in [5.41, 5.74) is 6.07. The molecule has 3 heterocycles. The van der Waals surface area contributed by atoms with Crippen LogP contribution in [-0.2, 0) is 11.2 Å². The van der Waals surface area contributed by atoms with Gasteiger partial charge in [-0.3, -0.25) is 9.78 Å². The van der Waals surface area contributed by atoms with E-state index in [1.54, 1.807) is 12.4 Å². The second kappa shape index (κ2) is 6.55. The number of carbonyl (C=O) groups is 1. The van der Waals surface area contributed by atoms with E-state index in [-0.39, 0.29) is 5.91 Å². The molecule has 3 aromatic rings. The van der Waals surface area contributed by atoms with Crippen molar-refractivity contribution in [1.29, 1.82) is 0 Å². The van der Waals surface area contributed by atoms with E-state index in [0.29, 0.717) is 13.0 Å². The number of aromatic amines is 1. The predicted octanol–water partition coefficient (Wildman–Crippen LogP) is 3.73. The van der Waals surface area contributed by atoms with Gasteiger partial charge in [0, 0.05) is 48.1 Å². The highest BCUT2D eigenvalue weighted by Crippen LogP contribution is 2.30. The third-order valence-electron chi connectivity index (χ3n) is 4.94. The Hall–Kier alpha value is -2.88. The van der Waals surface area contributed by atoms with E-state index in [4.69, 9.17) is 0 Å². The number of nitrogens with zero attached hydrogens (tertiary/aromatic N) is 2. The van der Waals surface area contributed by atoms with Crippen molar-refractivity contribution in [3.05, 3.63) is 71.7 Å². The maximum absolute atomic E-state index is 12.5. The van der Waals surface area contributed by atoms with Gasteiger partial charge in [-0.1, -0.05) is 24.3 Å². The monoisotopic (exact) mass is 331 g/mol. The molecule has 4 rings (SSSR count). The Morgan fingerprint density at radius 3 is 2.84 bits per heavy atom. The van der Waals surface area contributed by atoms with Crippen molar-refractivity contribution < 1.29 is 4.79 Å². The average molecular weight is 331 g/mol. The van der Waals surface area contributed by atoms with Crippen LogP contribution in [0.25, 0.3) is 16.5 Å². The van der Waals surface area contributed by atoms with Gasteiger partial charge in [0.25, 0.3) is 0 Å². The standard InChI is InChI=1S/C21H21N3O/c1-15-3-2-4-18-19(14-23-21(15)18)17-7-11-24(12-8-17)20(25)13-16-5-9-22-10-6-16/h2-7,9-10,14,23H,8,11-13H2,1H3. The average Bonchev–Trinajstić information content (AvgIpc) is 3.08. The molecule has 0 spiro atoms. The largest absolute Gasteiger partial charge is 0.360 e. The van der Waals surface area contributed by atoms with Gasteiger partial charge >= 0.3 is 0 Å². The van der Waals surface area contributed by atoms with Gasteiger partial charge in [-0.2, -0.15) is 0 Å². The van der Waals surface area contributed by atoms with E-state index in [2.05, 4.69) is 47.4 Å². The number of fused-ring (bicyclic) bond motifs is 1. The zero-order chi connectivity index (χ0) is 17.2. The van der Waals surface area contributed by atoms with Crippen LogP contribution in [0.2, 0.25) is 0 Å². The second-order valence-electron chi connectivity index (χ2n) is 6.55. The molecule has 0 fully saturated rings. The van der Waals surface area contributed by atoms with Gasteiger partial charge in [0.2, 0.25) is 5.91 Å². The Labute approximate surface area is 147 Å². The molecule has 0 aliphatic carbocycles. The number of carbonyl (C=O) groups excluding carboxylic acids is 1. The van der Waals surface area contributed by atoms with E-state index < -0.39 is 0 Å². The molecule has 2 aromatic heterocycles. The van der Waals surface area contributed by atoms with E-state index >= 15 is 0 Å². The summed E-state index contributed by atoms with van der Waals surface area (Å²) in [4.78, 5) is 21.8. The molecule has 1 aromatic carbocycles. The molecule has 4 heteroatoms. The Morgan fingerprint density at radius 1 is 1.24 bits per heavy atom. The fourth-order valence-electron chi connectivity index (χ4n) is 3.50. The quantitative estimate of drug-likeness (QED) is 0.795. The topological polar surface area (TPSA) is 49.0 Å².